The molecule has 0 amide bonds. The quantitative estimate of drug-likeness (QED) is 0.603. The van der Waals surface area contributed by atoms with Gasteiger partial charge >= 0.3 is 5.97 Å². The van der Waals surface area contributed by atoms with Crippen LogP contribution in [0.4, 0.5) is 11.4 Å². The highest BCUT2D eigenvalue weighted by molar-refractivity contribution is 5.94. The fourth-order valence-electron chi connectivity index (χ4n) is 1.26. The van der Waals surface area contributed by atoms with Crippen LogP contribution in [0.15, 0.2) is 18.2 Å². The van der Waals surface area contributed by atoms with Gasteiger partial charge in [-0.25, -0.2) is 4.79 Å². The first-order valence-corrected chi connectivity index (χ1v) is 4.70. The van der Waals surface area contributed by atoms with Crippen LogP contribution < -0.4 is 5.32 Å². The molecule has 0 unspecified atom stereocenters. The van der Waals surface area contributed by atoms with Gasteiger partial charge in [0.1, 0.15) is 0 Å². The third-order valence-corrected chi connectivity index (χ3v) is 1.89. The SMILES string of the molecule is CC(C)Nc1cc([N+](=O)[O-])ccc1C(=O)O. The minimum Gasteiger partial charge on any atom is -0.478 e. The molecule has 1 rings (SSSR count). The Morgan fingerprint density at radius 1 is 1.50 bits per heavy atom. The van der Waals surface area contributed by atoms with Crippen LogP contribution in [0.2, 0.25) is 0 Å². The summed E-state index contributed by atoms with van der Waals surface area (Å²) in [6, 6.07) is 3.63. The van der Waals surface area contributed by atoms with Crippen molar-refractivity contribution in [2.24, 2.45) is 0 Å². The Morgan fingerprint density at radius 3 is 2.56 bits per heavy atom. The molecule has 6 heteroatoms. The van der Waals surface area contributed by atoms with E-state index in [4.69, 9.17) is 5.11 Å². The maximum absolute atomic E-state index is 10.9. The minimum atomic E-state index is -1.11. The van der Waals surface area contributed by atoms with Crippen LogP contribution >= 0.6 is 0 Å². The molecular weight excluding hydrogens is 212 g/mol. The summed E-state index contributed by atoms with van der Waals surface area (Å²) in [5, 5.41) is 22.3. The van der Waals surface area contributed by atoms with Crippen molar-refractivity contribution in [2.45, 2.75) is 19.9 Å². The van der Waals surface area contributed by atoms with E-state index < -0.39 is 10.9 Å². The number of non-ortho nitro benzene ring substituents is 1. The molecule has 86 valence electrons. The van der Waals surface area contributed by atoms with Gasteiger partial charge in [-0.2, -0.15) is 0 Å². The number of carbonyl (C=O) groups is 1. The normalized spacial score (nSPS) is 10.2. The van der Waals surface area contributed by atoms with Gasteiger partial charge in [-0.1, -0.05) is 0 Å². The highest BCUT2D eigenvalue weighted by atomic mass is 16.6. The molecule has 0 saturated carbocycles. The molecule has 0 aliphatic rings. The lowest BCUT2D eigenvalue weighted by atomic mass is 10.1. The topological polar surface area (TPSA) is 92.5 Å². The first kappa shape index (κ1) is 12.0. The van der Waals surface area contributed by atoms with Gasteiger partial charge in [0.15, 0.2) is 0 Å². The van der Waals surface area contributed by atoms with Crippen LogP contribution in [0.5, 0.6) is 0 Å². The number of carboxylic acids is 1. The van der Waals surface area contributed by atoms with E-state index in [1.807, 2.05) is 13.8 Å². The number of carboxylic acid groups (broad SMARTS) is 1. The molecule has 0 saturated heterocycles. The molecule has 0 aliphatic heterocycles. The van der Waals surface area contributed by atoms with Crippen molar-refractivity contribution in [1.29, 1.82) is 0 Å². The van der Waals surface area contributed by atoms with E-state index in [2.05, 4.69) is 5.32 Å². The highest BCUT2D eigenvalue weighted by Gasteiger charge is 2.15. The molecular formula is C10H12N2O4. The van der Waals surface area contributed by atoms with Crippen molar-refractivity contribution in [3.8, 4) is 0 Å². The van der Waals surface area contributed by atoms with E-state index >= 15 is 0 Å². The number of hydrogen-bond donors (Lipinski definition) is 2. The maximum atomic E-state index is 10.9. The van der Waals surface area contributed by atoms with Gasteiger partial charge < -0.3 is 10.4 Å². The molecule has 0 aromatic heterocycles. The number of benzene rings is 1. The van der Waals surface area contributed by atoms with Crippen LogP contribution in [0.25, 0.3) is 0 Å². The van der Waals surface area contributed by atoms with Gasteiger partial charge in [0.05, 0.1) is 16.2 Å². The van der Waals surface area contributed by atoms with Gasteiger partial charge in [-0.05, 0) is 19.9 Å². The summed E-state index contributed by atoms with van der Waals surface area (Å²) in [5.74, 6) is -1.11. The predicted molar refractivity (Wildman–Crippen MR) is 58.8 cm³/mol. The summed E-state index contributed by atoms with van der Waals surface area (Å²) in [4.78, 5) is 20.9. The average Bonchev–Trinajstić information content (AvgIpc) is 2.15. The Kier molecular flexibility index (Phi) is 3.44. The summed E-state index contributed by atoms with van der Waals surface area (Å²) in [7, 11) is 0. The molecule has 0 heterocycles. The molecule has 2 N–H and O–H groups in total. The zero-order chi connectivity index (χ0) is 12.3. The van der Waals surface area contributed by atoms with Crippen molar-refractivity contribution in [3.63, 3.8) is 0 Å². The molecule has 1 aromatic carbocycles. The standard InChI is InChI=1S/C10H12N2O4/c1-6(2)11-9-5-7(12(15)16)3-4-8(9)10(13)14/h3-6,11H,1-2H3,(H,13,14). The lowest BCUT2D eigenvalue weighted by Crippen LogP contribution is -2.13. The van der Waals surface area contributed by atoms with E-state index in [1.54, 1.807) is 0 Å². The van der Waals surface area contributed by atoms with E-state index in [0.717, 1.165) is 0 Å². The number of nitrogens with zero attached hydrogens (tertiary/aromatic N) is 1. The third-order valence-electron chi connectivity index (χ3n) is 1.89. The van der Waals surface area contributed by atoms with Gasteiger partial charge in [-0.3, -0.25) is 10.1 Å². The van der Waals surface area contributed by atoms with E-state index in [1.165, 1.54) is 18.2 Å². The molecule has 0 atom stereocenters. The number of nitro groups is 1. The number of hydrogen-bond acceptors (Lipinski definition) is 4. The average molecular weight is 224 g/mol. The lowest BCUT2D eigenvalue weighted by molar-refractivity contribution is -0.384. The number of nitrogens with one attached hydrogen (secondary N) is 1. The van der Waals surface area contributed by atoms with Crippen LogP contribution in [-0.2, 0) is 0 Å². The predicted octanol–water partition coefficient (Wildman–Crippen LogP) is 2.11. The van der Waals surface area contributed by atoms with Crippen LogP contribution in [0.3, 0.4) is 0 Å². The molecule has 16 heavy (non-hydrogen) atoms. The lowest BCUT2D eigenvalue weighted by Gasteiger charge is -2.12. The van der Waals surface area contributed by atoms with Gasteiger partial charge in [0.25, 0.3) is 5.69 Å². The fraction of sp³-hybridized carbons (Fsp3) is 0.300. The van der Waals surface area contributed by atoms with E-state index in [-0.39, 0.29) is 23.0 Å². The zero-order valence-corrected chi connectivity index (χ0v) is 8.93. The van der Waals surface area contributed by atoms with Crippen LogP contribution in [0.1, 0.15) is 24.2 Å². The zero-order valence-electron chi connectivity index (χ0n) is 8.93. The second-order valence-corrected chi connectivity index (χ2v) is 3.59. The summed E-state index contributed by atoms with van der Waals surface area (Å²) in [6.45, 7) is 3.65. The Balaban J connectivity index is 3.21. The van der Waals surface area contributed by atoms with Crippen molar-refractivity contribution >= 4 is 17.3 Å². The third kappa shape index (κ3) is 2.69. The summed E-state index contributed by atoms with van der Waals surface area (Å²) in [6.07, 6.45) is 0. The maximum Gasteiger partial charge on any atom is 0.337 e. The second-order valence-electron chi connectivity index (χ2n) is 3.59. The van der Waals surface area contributed by atoms with Crippen molar-refractivity contribution in [3.05, 3.63) is 33.9 Å². The molecule has 0 bridgehead atoms. The monoisotopic (exact) mass is 224 g/mol. The highest BCUT2D eigenvalue weighted by Crippen LogP contribution is 2.23. The number of aromatic carboxylic acids is 1. The number of nitro benzene ring substituents is 1. The van der Waals surface area contributed by atoms with Crippen molar-refractivity contribution in [1.82, 2.24) is 0 Å². The molecule has 0 spiro atoms. The smallest absolute Gasteiger partial charge is 0.337 e. The second kappa shape index (κ2) is 4.61. The van der Waals surface area contributed by atoms with Crippen molar-refractivity contribution < 1.29 is 14.8 Å². The first-order valence-electron chi connectivity index (χ1n) is 4.70. The molecule has 6 nitrogen and oxygen atoms in total. The first-order chi connectivity index (χ1) is 7.41. The van der Waals surface area contributed by atoms with Gasteiger partial charge in [0, 0.05) is 18.2 Å². The Bertz CT molecular complexity index is 429. The van der Waals surface area contributed by atoms with Crippen LogP contribution in [-0.4, -0.2) is 22.0 Å². The summed E-state index contributed by atoms with van der Waals surface area (Å²) >= 11 is 0. The largest absolute Gasteiger partial charge is 0.478 e. The number of anilines is 1. The minimum absolute atomic E-state index is 0.0000964. The number of rotatable bonds is 4. The Morgan fingerprint density at radius 2 is 2.12 bits per heavy atom. The Labute approximate surface area is 92.0 Å². The fourth-order valence-corrected chi connectivity index (χ4v) is 1.26. The Hall–Kier alpha value is -2.11. The molecule has 0 radical (unpaired) electrons. The molecule has 0 fully saturated rings. The molecule has 1 aromatic rings. The van der Waals surface area contributed by atoms with Crippen LogP contribution in [0, 0.1) is 10.1 Å². The van der Waals surface area contributed by atoms with E-state index in [9.17, 15) is 14.9 Å². The van der Waals surface area contributed by atoms with Crippen molar-refractivity contribution in [2.75, 3.05) is 5.32 Å². The van der Waals surface area contributed by atoms with Gasteiger partial charge in [-0.15, -0.1) is 0 Å². The summed E-state index contributed by atoms with van der Waals surface area (Å²) in [5.41, 5.74) is 0.157. The summed E-state index contributed by atoms with van der Waals surface area (Å²) < 4.78 is 0. The van der Waals surface area contributed by atoms with Gasteiger partial charge in [0.2, 0.25) is 0 Å². The van der Waals surface area contributed by atoms with E-state index in [0.29, 0.717) is 0 Å². The molecule has 0 aliphatic carbocycles.